The first-order valence-electron chi connectivity index (χ1n) is 13.1. The molecule has 0 unspecified atom stereocenters. The minimum Gasteiger partial charge on any atom is -0.480 e. The van der Waals surface area contributed by atoms with Gasteiger partial charge in [-0.2, -0.15) is 0 Å². The molecule has 10 heteroatoms. The van der Waals surface area contributed by atoms with E-state index in [2.05, 4.69) is 43.8 Å². The second-order valence-corrected chi connectivity index (χ2v) is 17.0. The number of aliphatic carboxylic acids is 1. The van der Waals surface area contributed by atoms with Crippen molar-refractivity contribution in [2.75, 3.05) is 20.3 Å². The lowest BCUT2D eigenvalue weighted by atomic mass is 10.1. The molecule has 0 saturated heterocycles. The van der Waals surface area contributed by atoms with Gasteiger partial charge in [-0.15, -0.1) is 0 Å². The summed E-state index contributed by atoms with van der Waals surface area (Å²) in [5.74, 6) is -1.10. The Morgan fingerprint density at radius 3 is 2.37 bits per heavy atom. The highest BCUT2D eigenvalue weighted by atomic mass is 28.4. The Morgan fingerprint density at radius 1 is 1.08 bits per heavy atom. The summed E-state index contributed by atoms with van der Waals surface area (Å²) < 4.78 is 17.9. The molecular formula is C28H45N3O6Si. The maximum atomic E-state index is 12.4. The summed E-state index contributed by atoms with van der Waals surface area (Å²) in [4.78, 5) is 34.4. The molecule has 0 spiro atoms. The summed E-state index contributed by atoms with van der Waals surface area (Å²) in [6.45, 7) is 16.7. The molecule has 0 aliphatic heterocycles. The number of aryl methyl sites for hydroxylation is 1. The topological polar surface area (TPSA) is 111 Å². The first-order valence-corrected chi connectivity index (χ1v) is 16.1. The highest BCUT2D eigenvalue weighted by molar-refractivity contribution is 6.74. The molecule has 2 atom stereocenters. The van der Waals surface area contributed by atoms with E-state index in [4.69, 9.17) is 13.9 Å². The molecule has 212 valence electrons. The number of carbonyl (C=O) groups is 2. The van der Waals surface area contributed by atoms with Crippen molar-refractivity contribution in [3.05, 3.63) is 36.2 Å². The lowest BCUT2D eigenvalue weighted by molar-refractivity contribution is -0.143. The number of fused-ring (bicyclic) bond motifs is 1. The molecule has 0 bridgehead atoms. The van der Waals surface area contributed by atoms with Gasteiger partial charge in [-0.25, -0.2) is 19.6 Å². The van der Waals surface area contributed by atoms with Gasteiger partial charge in [-0.3, -0.25) is 4.90 Å². The average molecular weight is 548 g/mol. The van der Waals surface area contributed by atoms with Gasteiger partial charge in [-0.1, -0.05) is 20.8 Å². The van der Waals surface area contributed by atoms with Crippen LogP contribution in [0.4, 0.5) is 4.79 Å². The fourth-order valence-corrected chi connectivity index (χ4v) is 4.94. The number of likely N-dealkylation sites (N-methyl/N-ethyl adjacent to an activating group) is 1. The minimum atomic E-state index is -2.08. The molecule has 0 saturated carbocycles. The van der Waals surface area contributed by atoms with Gasteiger partial charge in [0.05, 0.1) is 12.7 Å². The maximum Gasteiger partial charge on any atom is 0.410 e. The number of carbonyl (C=O) groups excluding carboxylic acids is 1. The van der Waals surface area contributed by atoms with Gasteiger partial charge in [0, 0.05) is 37.4 Å². The largest absolute Gasteiger partial charge is 0.480 e. The van der Waals surface area contributed by atoms with Crippen molar-refractivity contribution in [2.45, 2.75) is 96.7 Å². The van der Waals surface area contributed by atoms with Crippen LogP contribution in [0.1, 0.15) is 60.1 Å². The highest BCUT2D eigenvalue weighted by Gasteiger charge is 2.39. The normalized spacial score (nSPS) is 14.2. The van der Waals surface area contributed by atoms with E-state index in [1.54, 1.807) is 27.0 Å². The third kappa shape index (κ3) is 9.63. The van der Waals surface area contributed by atoms with E-state index in [1.807, 2.05) is 24.3 Å². The standard InChI is InChI=1S/C28H45N3O6Si/c1-27(2,3)36-26(34)31(7)23(25(32)33)16-18-35-19-22(37-38(8,9)28(4,5)6)15-14-21-13-12-20-11-10-17-29-24(20)30-21/h10-13,17,22-23H,14-16,18-19H2,1-9H3,(H,32,33)/t22-,23-/m0/s1. The number of hydrogen-bond acceptors (Lipinski definition) is 7. The van der Waals surface area contributed by atoms with Crippen LogP contribution in [0.3, 0.4) is 0 Å². The van der Waals surface area contributed by atoms with Crippen molar-refractivity contribution < 1.29 is 28.6 Å². The summed E-state index contributed by atoms with van der Waals surface area (Å²) >= 11 is 0. The van der Waals surface area contributed by atoms with Crippen molar-refractivity contribution in [1.82, 2.24) is 14.9 Å². The van der Waals surface area contributed by atoms with Crippen LogP contribution in [0, 0.1) is 0 Å². The second-order valence-electron chi connectivity index (χ2n) is 12.2. The van der Waals surface area contributed by atoms with Crippen LogP contribution in [-0.2, 0) is 25.1 Å². The lowest BCUT2D eigenvalue weighted by Crippen LogP contribution is -2.46. The molecular weight excluding hydrogens is 502 g/mol. The van der Waals surface area contributed by atoms with E-state index in [-0.39, 0.29) is 24.2 Å². The van der Waals surface area contributed by atoms with Gasteiger partial charge >= 0.3 is 12.1 Å². The molecule has 0 aliphatic rings. The van der Waals surface area contributed by atoms with E-state index in [0.717, 1.165) is 21.6 Å². The fraction of sp³-hybridized carbons (Fsp3) is 0.643. The summed E-state index contributed by atoms with van der Waals surface area (Å²) in [7, 11) is -0.650. The van der Waals surface area contributed by atoms with Gasteiger partial charge < -0.3 is 19.0 Å². The number of amides is 1. The van der Waals surface area contributed by atoms with Crippen molar-refractivity contribution in [2.24, 2.45) is 0 Å². The van der Waals surface area contributed by atoms with Crippen LogP contribution >= 0.6 is 0 Å². The van der Waals surface area contributed by atoms with E-state index in [0.29, 0.717) is 19.4 Å². The summed E-state index contributed by atoms with van der Waals surface area (Å²) in [5, 5.41) is 10.7. The first kappa shape index (κ1) is 31.7. The van der Waals surface area contributed by atoms with Crippen molar-refractivity contribution in [1.29, 1.82) is 0 Å². The molecule has 2 aromatic rings. The molecule has 0 fully saturated rings. The van der Waals surface area contributed by atoms with Crippen LogP contribution in [0.5, 0.6) is 0 Å². The maximum absolute atomic E-state index is 12.4. The van der Waals surface area contributed by atoms with Crippen LogP contribution in [0.25, 0.3) is 11.0 Å². The van der Waals surface area contributed by atoms with E-state index in [1.165, 1.54) is 7.05 Å². The molecule has 2 rings (SSSR count). The zero-order chi connectivity index (χ0) is 28.7. The molecule has 2 heterocycles. The SMILES string of the molecule is CN(C(=O)OC(C)(C)C)[C@@H](CCOC[C@H](CCc1ccc2cccnc2n1)O[Si](C)(C)C(C)(C)C)C(=O)O. The van der Waals surface area contributed by atoms with Crippen LogP contribution < -0.4 is 0 Å². The Balaban J connectivity index is 2.03. The molecule has 38 heavy (non-hydrogen) atoms. The quantitative estimate of drug-likeness (QED) is 0.267. The third-order valence-electron chi connectivity index (χ3n) is 6.79. The monoisotopic (exact) mass is 547 g/mol. The van der Waals surface area contributed by atoms with Crippen molar-refractivity contribution >= 4 is 31.4 Å². The Kier molecular flexibility index (Phi) is 10.8. The minimum absolute atomic E-state index is 0.0287. The number of nitrogens with zero attached hydrogens (tertiary/aromatic N) is 3. The molecule has 1 amide bonds. The Morgan fingerprint density at radius 2 is 1.76 bits per heavy atom. The van der Waals surface area contributed by atoms with E-state index >= 15 is 0 Å². The molecule has 9 nitrogen and oxygen atoms in total. The number of pyridine rings is 2. The number of ether oxygens (including phenoxy) is 2. The highest BCUT2D eigenvalue weighted by Crippen LogP contribution is 2.37. The van der Waals surface area contributed by atoms with Crippen molar-refractivity contribution in [3.8, 4) is 0 Å². The molecule has 0 aliphatic carbocycles. The Labute approximate surface area is 228 Å². The fourth-order valence-electron chi connectivity index (χ4n) is 3.56. The van der Waals surface area contributed by atoms with Crippen molar-refractivity contribution in [3.63, 3.8) is 0 Å². The molecule has 0 radical (unpaired) electrons. The number of aromatic nitrogens is 2. The van der Waals surface area contributed by atoms with Crippen LogP contribution in [0.15, 0.2) is 30.5 Å². The number of hydrogen-bond donors (Lipinski definition) is 1. The Bertz CT molecular complexity index is 1080. The number of carboxylic acids is 1. The average Bonchev–Trinajstić information content (AvgIpc) is 2.79. The molecule has 2 aromatic heterocycles. The summed E-state index contributed by atoms with van der Waals surface area (Å²) in [6, 6.07) is 6.86. The second kappa shape index (κ2) is 13.0. The van der Waals surface area contributed by atoms with Gasteiger partial charge in [0.25, 0.3) is 0 Å². The number of carboxylic acid groups (broad SMARTS) is 1. The van der Waals surface area contributed by atoms with E-state index in [9.17, 15) is 14.7 Å². The predicted molar refractivity (Wildman–Crippen MR) is 151 cm³/mol. The summed E-state index contributed by atoms with van der Waals surface area (Å²) in [6.07, 6.45) is 2.42. The van der Waals surface area contributed by atoms with Gasteiger partial charge in [0.15, 0.2) is 14.0 Å². The molecule has 0 aromatic carbocycles. The van der Waals surface area contributed by atoms with Crippen LogP contribution in [0.2, 0.25) is 18.1 Å². The third-order valence-corrected chi connectivity index (χ3v) is 11.3. The van der Waals surface area contributed by atoms with Gasteiger partial charge in [0.2, 0.25) is 0 Å². The lowest BCUT2D eigenvalue weighted by Gasteiger charge is -2.39. The number of rotatable bonds is 12. The smallest absolute Gasteiger partial charge is 0.410 e. The summed E-state index contributed by atoms with van der Waals surface area (Å²) in [5.41, 5.74) is 0.941. The molecule has 1 N–H and O–H groups in total. The first-order chi connectivity index (χ1) is 17.5. The Hall–Kier alpha value is -2.56. The van der Waals surface area contributed by atoms with E-state index < -0.39 is 32.0 Å². The van der Waals surface area contributed by atoms with Gasteiger partial charge in [0.1, 0.15) is 11.6 Å². The van der Waals surface area contributed by atoms with Crippen LogP contribution in [-0.4, -0.2) is 78.4 Å². The zero-order valence-electron chi connectivity index (χ0n) is 24.4. The zero-order valence-corrected chi connectivity index (χ0v) is 25.4. The van der Waals surface area contributed by atoms with Gasteiger partial charge in [-0.05, 0) is 76.0 Å². The predicted octanol–water partition coefficient (Wildman–Crippen LogP) is 5.68.